The Bertz CT molecular complexity index is 650. The Morgan fingerprint density at radius 3 is 2.63 bits per heavy atom. The molecule has 3 atom stereocenters. The summed E-state index contributed by atoms with van der Waals surface area (Å²) in [5, 5.41) is 3.31. The van der Waals surface area contributed by atoms with Crippen molar-refractivity contribution < 1.29 is 19.0 Å². The van der Waals surface area contributed by atoms with E-state index in [9.17, 15) is 4.79 Å². The van der Waals surface area contributed by atoms with Crippen molar-refractivity contribution >= 4 is 11.9 Å². The number of methoxy groups -OCH3 is 2. The van der Waals surface area contributed by atoms with Crippen molar-refractivity contribution in [3.05, 3.63) is 24.3 Å². The Labute approximate surface area is 161 Å². The number of carbonyl (C=O) groups is 1. The second-order valence-corrected chi connectivity index (χ2v) is 6.79. The number of carbonyl (C=O) groups excluding carboxylic acids is 1. The molecule has 1 aromatic carbocycles. The van der Waals surface area contributed by atoms with Crippen LogP contribution in [-0.2, 0) is 9.53 Å². The summed E-state index contributed by atoms with van der Waals surface area (Å²) in [6.07, 6.45) is -0.119. The van der Waals surface area contributed by atoms with E-state index in [-0.39, 0.29) is 23.9 Å². The van der Waals surface area contributed by atoms with Gasteiger partial charge in [-0.1, -0.05) is 19.1 Å². The zero-order chi connectivity index (χ0) is 19.8. The molecule has 1 fully saturated rings. The normalized spacial score (nSPS) is 20.9. The van der Waals surface area contributed by atoms with E-state index in [0.29, 0.717) is 24.6 Å². The van der Waals surface area contributed by atoms with Crippen LogP contribution in [0, 0.1) is 11.8 Å². The molecule has 1 heterocycles. The molecule has 0 bridgehead atoms. The summed E-state index contributed by atoms with van der Waals surface area (Å²) in [4.78, 5) is 18.8. The maximum absolute atomic E-state index is 11.9. The highest BCUT2D eigenvalue weighted by molar-refractivity contribution is 5.82. The predicted octanol–water partition coefficient (Wildman–Crippen LogP) is 2.17. The van der Waals surface area contributed by atoms with Gasteiger partial charge in [0.15, 0.2) is 17.5 Å². The van der Waals surface area contributed by atoms with E-state index in [1.165, 1.54) is 7.11 Å². The standard InChI is InChI=1S/C20H31N3O4/c1-6-21-20(23-12-14(2)16(13-23)19(24)26-5)22-11-15(3)27-18-10-8-7-9-17(18)25-4/h7-10,14-16H,6,11-13H2,1-5H3,(H,21,22). The molecule has 0 aromatic heterocycles. The monoisotopic (exact) mass is 377 g/mol. The molecule has 1 saturated heterocycles. The maximum Gasteiger partial charge on any atom is 0.310 e. The second-order valence-electron chi connectivity index (χ2n) is 6.79. The van der Waals surface area contributed by atoms with E-state index in [1.54, 1.807) is 7.11 Å². The third-order valence-electron chi connectivity index (χ3n) is 4.65. The van der Waals surface area contributed by atoms with E-state index in [1.807, 2.05) is 38.1 Å². The van der Waals surface area contributed by atoms with Crippen LogP contribution in [0.25, 0.3) is 0 Å². The van der Waals surface area contributed by atoms with Gasteiger partial charge >= 0.3 is 5.97 Å². The molecule has 1 aliphatic rings. The molecule has 27 heavy (non-hydrogen) atoms. The minimum atomic E-state index is -0.159. The highest BCUT2D eigenvalue weighted by atomic mass is 16.5. The van der Waals surface area contributed by atoms with Gasteiger partial charge in [-0.2, -0.15) is 0 Å². The number of ether oxygens (including phenoxy) is 3. The fraction of sp³-hybridized carbons (Fsp3) is 0.600. The minimum Gasteiger partial charge on any atom is -0.493 e. The molecular formula is C20H31N3O4. The van der Waals surface area contributed by atoms with Gasteiger partial charge in [-0.15, -0.1) is 0 Å². The Morgan fingerprint density at radius 2 is 2.00 bits per heavy atom. The lowest BCUT2D eigenvalue weighted by molar-refractivity contribution is -0.145. The van der Waals surface area contributed by atoms with Crippen LogP contribution in [0.15, 0.2) is 29.3 Å². The summed E-state index contributed by atoms with van der Waals surface area (Å²) in [5.74, 6) is 2.15. The highest BCUT2D eigenvalue weighted by Gasteiger charge is 2.36. The number of hydrogen-bond donors (Lipinski definition) is 1. The van der Waals surface area contributed by atoms with Crippen LogP contribution in [-0.4, -0.2) is 63.3 Å². The average molecular weight is 377 g/mol. The second kappa shape index (κ2) is 10.0. The minimum absolute atomic E-state index is 0.119. The highest BCUT2D eigenvalue weighted by Crippen LogP contribution is 2.27. The first-order chi connectivity index (χ1) is 13.0. The van der Waals surface area contributed by atoms with Gasteiger partial charge < -0.3 is 24.4 Å². The molecule has 0 saturated carbocycles. The maximum atomic E-state index is 11.9. The Kier molecular flexibility index (Phi) is 7.76. The van der Waals surface area contributed by atoms with Crippen LogP contribution >= 0.6 is 0 Å². The van der Waals surface area contributed by atoms with Gasteiger partial charge in [-0.05, 0) is 31.9 Å². The van der Waals surface area contributed by atoms with Crippen molar-refractivity contribution in [3.8, 4) is 11.5 Å². The fourth-order valence-electron chi connectivity index (χ4n) is 3.21. The lowest BCUT2D eigenvalue weighted by Gasteiger charge is -2.22. The number of benzene rings is 1. The SMILES string of the molecule is CCNC(=NCC(C)Oc1ccccc1OC)N1CC(C)C(C(=O)OC)C1. The number of likely N-dealkylation sites (tertiary alicyclic amines) is 1. The van der Waals surface area contributed by atoms with Crippen molar-refractivity contribution in [2.24, 2.45) is 16.8 Å². The molecule has 0 aliphatic carbocycles. The number of guanidine groups is 1. The first kappa shape index (κ1) is 20.9. The van der Waals surface area contributed by atoms with Crippen molar-refractivity contribution in [2.45, 2.75) is 26.9 Å². The van der Waals surface area contributed by atoms with E-state index in [4.69, 9.17) is 19.2 Å². The van der Waals surface area contributed by atoms with Gasteiger partial charge in [0.05, 0.1) is 26.7 Å². The van der Waals surface area contributed by atoms with E-state index < -0.39 is 0 Å². The van der Waals surface area contributed by atoms with Crippen LogP contribution in [0.2, 0.25) is 0 Å². The van der Waals surface area contributed by atoms with Gasteiger partial charge in [0.2, 0.25) is 0 Å². The lowest BCUT2D eigenvalue weighted by atomic mass is 9.99. The molecule has 7 nitrogen and oxygen atoms in total. The number of para-hydroxylation sites is 2. The molecule has 3 unspecified atom stereocenters. The summed E-state index contributed by atoms with van der Waals surface area (Å²) in [6, 6.07) is 7.57. The molecule has 0 radical (unpaired) electrons. The number of nitrogens with one attached hydrogen (secondary N) is 1. The molecular weight excluding hydrogens is 346 g/mol. The van der Waals surface area contributed by atoms with Gasteiger partial charge in [0, 0.05) is 19.6 Å². The molecule has 1 N–H and O–H groups in total. The molecule has 1 aliphatic heterocycles. The lowest BCUT2D eigenvalue weighted by Crippen LogP contribution is -2.41. The molecule has 1 aromatic rings. The van der Waals surface area contributed by atoms with Crippen LogP contribution in [0.3, 0.4) is 0 Å². The first-order valence-corrected chi connectivity index (χ1v) is 9.40. The molecule has 7 heteroatoms. The van der Waals surface area contributed by atoms with Crippen molar-refractivity contribution in [1.29, 1.82) is 0 Å². The summed E-state index contributed by atoms with van der Waals surface area (Å²) >= 11 is 0. The molecule has 2 rings (SSSR count). The topological polar surface area (TPSA) is 72.4 Å². The van der Waals surface area contributed by atoms with E-state index in [2.05, 4.69) is 17.1 Å². The van der Waals surface area contributed by atoms with Crippen molar-refractivity contribution in [3.63, 3.8) is 0 Å². The van der Waals surface area contributed by atoms with Crippen LogP contribution in [0.4, 0.5) is 0 Å². The summed E-state index contributed by atoms with van der Waals surface area (Å²) in [7, 11) is 3.06. The number of rotatable bonds is 7. The zero-order valence-electron chi connectivity index (χ0n) is 16.9. The van der Waals surface area contributed by atoms with Crippen LogP contribution in [0.1, 0.15) is 20.8 Å². The van der Waals surface area contributed by atoms with Gasteiger partial charge in [-0.25, -0.2) is 4.99 Å². The fourth-order valence-corrected chi connectivity index (χ4v) is 3.21. The van der Waals surface area contributed by atoms with Gasteiger partial charge in [-0.3, -0.25) is 4.79 Å². The van der Waals surface area contributed by atoms with E-state index >= 15 is 0 Å². The van der Waals surface area contributed by atoms with Crippen LogP contribution < -0.4 is 14.8 Å². The van der Waals surface area contributed by atoms with Gasteiger partial charge in [0.1, 0.15) is 6.10 Å². The Hall–Kier alpha value is -2.44. The summed E-state index contributed by atoms with van der Waals surface area (Å²) < 4.78 is 16.2. The average Bonchev–Trinajstić information content (AvgIpc) is 3.06. The van der Waals surface area contributed by atoms with Crippen molar-refractivity contribution in [1.82, 2.24) is 10.2 Å². The quantitative estimate of drug-likeness (QED) is 0.446. The number of hydrogen-bond acceptors (Lipinski definition) is 5. The Morgan fingerprint density at radius 1 is 1.30 bits per heavy atom. The molecule has 0 spiro atoms. The first-order valence-electron chi connectivity index (χ1n) is 9.40. The number of esters is 1. The largest absolute Gasteiger partial charge is 0.493 e. The van der Waals surface area contributed by atoms with E-state index in [0.717, 1.165) is 19.0 Å². The zero-order valence-corrected chi connectivity index (χ0v) is 16.9. The third-order valence-corrected chi connectivity index (χ3v) is 4.65. The molecule has 150 valence electrons. The third kappa shape index (κ3) is 5.52. The summed E-state index contributed by atoms with van der Waals surface area (Å²) in [5.41, 5.74) is 0. The smallest absolute Gasteiger partial charge is 0.310 e. The summed E-state index contributed by atoms with van der Waals surface area (Å²) in [6.45, 7) is 8.71. The molecule has 0 amide bonds. The number of aliphatic imine (C=N–C) groups is 1. The predicted molar refractivity (Wildman–Crippen MR) is 105 cm³/mol. The van der Waals surface area contributed by atoms with Gasteiger partial charge in [0.25, 0.3) is 0 Å². The number of nitrogens with zero attached hydrogens (tertiary/aromatic N) is 2. The Balaban J connectivity index is 2.01. The van der Waals surface area contributed by atoms with Crippen molar-refractivity contribution in [2.75, 3.05) is 40.4 Å². The van der Waals surface area contributed by atoms with Crippen LogP contribution in [0.5, 0.6) is 11.5 Å².